The average Bonchev–Trinajstić information content (AvgIpc) is 2.55. The highest BCUT2D eigenvalue weighted by atomic mass is 19.1. The predicted octanol–water partition coefficient (Wildman–Crippen LogP) is -0.474. The number of rotatable bonds is 2. The second kappa shape index (κ2) is 4.17. The zero-order valence-corrected chi connectivity index (χ0v) is 8.80. The predicted molar refractivity (Wildman–Crippen MR) is 56.1 cm³/mol. The van der Waals surface area contributed by atoms with Gasteiger partial charge in [0.15, 0.2) is 6.23 Å². The number of ether oxygens (including phenoxy) is 1. The van der Waals surface area contributed by atoms with Crippen LogP contribution >= 0.6 is 0 Å². The first-order valence-electron chi connectivity index (χ1n) is 4.95. The number of aromatic amines is 1. The van der Waals surface area contributed by atoms with Gasteiger partial charge in [-0.15, -0.1) is 0 Å². The minimum Gasteiger partial charge on any atom is -0.472 e. The van der Waals surface area contributed by atoms with Crippen LogP contribution in [0.5, 0.6) is 0 Å². The van der Waals surface area contributed by atoms with E-state index in [2.05, 4.69) is 6.58 Å². The Bertz CT molecular complexity index is 550. The molecular formula is C10H11FN2O4. The van der Waals surface area contributed by atoms with Crippen molar-refractivity contribution >= 4 is 0 Å². The zero-order chi connectivity index (χ0) is 12.6. The molecule has 0 aliphatic carbocycles. The minimum absolute atomic E-state index is 0.00995. The summed E-state index contributed by atoms with van der Waals surface area (Å²) in [5.41, 5.74) is -1.27. The Hall–Kier alpha value is -1.89. The van der Waals surface area contributed by atoms with Crippen LogP contribution < -0.4 is 11.2 Å². The number of aliphatic hydroxyl groups excluding tert-OH is 1. The molecule has 1 aliphatic rings. The fraction of sp³-hybridized carbons (Fsp3) is 0.400. The lowest BCUT2D eigenvalue weighted by Gasteiger charge is -2.17. The maximum atomic E-state index is 12.8. The lowest BCUT2D eigenvalue weighted by Crippen LogP contribution is -2.35. The molecule has 0 amide bonds. The summed E-state index contributed by atoms with van der Waals surface area (Å²) < 4.78 is 19.0. The number of hydrogen-bond donors (Lipinski definition) is 2. The molecule has 0 aromatic carbocycles. The van der Waals surface area contributed by atoms with E-state index in [4.69, 9.17) is 4.74 Å². The third-order valence-electron chi connectivity index (χ3n) is 2.68. The summed E-state index contributed by atoms with van der Waals surface area (Å²) in [7, 11) is 0. The zero-order valence-electron chi connectivity index (χ0n) is 8.80. The van der Waals surface area contributed by atoms with E-state index < -0.39 is 36.2 Å². The van der Waals surface area contributed by atoms with E-state index in [1.54, 1.807) is 0 Å². The van der Waals surface area contributed by atoms with Crippen molar-refractivity contribution in [1.82, 2.24) is 9.55 Å². The van der Waals surface area contributed by atoms with Crippen molar-refractivity contribution in [3.63, 3.8) is 0 Å². The molecule has 1 saturated heterocycles. The number of nitrogens with one attached hydrogen (secondary N) is 1. The number of aliphatic hydroxyl groups is 1. The van der Waals surface area contributed by atoms with Crippen LogP contribution in [0.15, 0.2) is 34.2 Å². The highest BCUT2D eigenvalue weighted by Crippen LogP contribution is 2.35. The first kappa shape index (κ1) is 11.6. The van der Waals surface area contributed by atoms with Gasteiger partial charge in [0.05, 0.1) is 5.92 Å². The van der Waals surface area contributed by atoms with Gasteiger partial charge in [-0.05, 0) is 0 Å². The third-order valence-corrected chi connectivity index (χ3v) is 2.68. The molecule has 92 valence electrons. The second-order valence-electron chi connectivity index (χ2n) is 3.76. The molecule has 0 radical (unpaired) electrons. The first-order chi connectivity index (χ1) is 8.04. The van der Waals surface area contributed by atoms with Crippen molar-refractivity contribution in [1.29, 1.82) is 0 Å². The van der Waals surface area contributed by atoms with Gasteiger partial charge in [0.1, 0.15) is 18.5 Å². The van der Waals surface area contributed by atoms with Crippen LogP contribution in [0.3, 0.4) is 0 Å². The van der Waals surface area contributed by atoms with Crippen molar-refractivity contribution in [3.05, 3.63) is 45.4 Å². The van der Waals surface area contributed by atoms with E-state index >= 15 is 0 Å². The van der Waals surface area contributed by atoms with E-state index in [0.29, 0.717) is 0 Å². The quantitative estimate of drug-likeness (QED) is 0.734. The van der Waals surface area contributed by atoms with Gasteiger partial charge in [0.2, 0.25) is 0 Å². The molecule has 3 atom stereocenters. The maximum absolute atomic E-state index is 12.8. The van der Waals surface area contributed by atoms with E-state index in [0.717, 1.165) is 10.6 Å². The van der Waals surface area contributed by atoms with Crippen LogP contribution in [0.2, 0.25) is 0 Å². The molecule has 1 aromatic rings. The number of nitrogens with zero attached hydrogens (tertiary/aromatic N) is 1. The van der Waals surface area contributed by atoms with Crippen LogP contribution in [0.25, 0.3) is 0 Å². The van der Waals surface area contributed by atoms with Gasteiger partial charge in [-0.1, -0.05) is 6.58 Å². The molecule has 0 bridgehead atoms. The van der Waals surface area contributed by atoms with E-state index in [-0.39, 0.29) is 5.76 Å². The van der Waals surface area contributed by atoms with Gasteiger partial charge in [-0.2, -0.15) is 0 Å². The molecule has 1 aromatic heterocycles. The molecule has 6 nitrogen and oxygen atoms in total. The largest absolute Gasteiger partial charge is 0.472 e. The number of alkyl halides is 1. The molecule has 0 spiro atoms. The standard InChI is InChI=1S/C10H11FN2O4/c1-5-8(15)6(4-11)9(17-5)13-3-2-7(14)12-10(13)16/h2-3,6,8-9,15H,1,4H2,(H,12,14,16)/t6-,8+,9+/m0/s1. The molecule has 2 N–H and O–H groups in total. The Morgan fingerprint density at radius 1 is 1.59 bits per heavy atom. The normalized spacial score (nSPS) is 28.1. The highest BCUT2D eigenvalue weighted by Gasteiger charge is 2.41. The molecule has 0 unspecified atom stereocenters. The topological polar surface area (TPSA) is 84.3 Å². The Morgan fingerprint density at radius 3 is 2.88 bits per heavy atom. The van der Waals surface area contributed by atoms with E-state index in [1.165, 1.54) is 6.20 Å². The number of H-pyrrole nitrogens is 1. The molecule has 2 heterocycles. The highest BCUT2D eigenvalue weighted by molar-refractivity contribution is 5.04. The van der Waals surface area contributed by atoms with Gasteiger partial charge < -0.3 is 9.84 Å². The Kier molecular flexibility index (Phi) is 2.84. The van der Waals surface area contributed by atoms with Gasteiger partial charge in [-0.25, -0.2) is 4.79 Å². The Balaban J connectivity index is 2.43. The summed E-state index contributed by atoms with van der Waals surface area (Å²) in [5, 5.41) is 9.58. The van der Waals surface area contributed by atoms with Crippen LogP contribution in [0, 0.1) is 5.92 Å². The summed E-state index contributed by atoms with van der Waals surface area (Å²) in [4.78, 5) is 24.4. The van der Waals surface area contributed by atoms with E-state index in [9.17, 15) is 19.1 Å². The van der Waals surface area contributed by atoms with Crippen LogP contribution in [-0.2, 0) is 4.74 Å². The van der Waals surface area contributed by atoms with Crippen molar-refractivity contribution in [2.75, 3.05) is 6.67 Å². The SMILES string of the molecule is C=C1O[C@@H](n2ccc(=O)[nH]c2=O)[C@@H](CF)[C@@H]1O. The fourth-order valence-corrected chi connectivity index (χ4v) is 1.76. The maximum Gasteiger partial charge on any atom is 0.331 e. The van der Waals surface area contributed by atoms with Crippen LogP contribution in [-0.4, -0.2) is 27.4 Å². The molecule has 2 rings (SSSR count). The summed E-state index contributed by atoms with van der Waals surface area (Å²) in [6.45, 7) is 2.57. The summed E-state index contributed by atoms with van der Waals surface area (Å²) >= 11 is 0. The fourth-order valence-electron chi connectivity index (χ4n) is 1.76. The summed E-state index contributed by atoms with van der Waals surface area (Å²) in [6.07, 6.45) is -0.963. The van der Waals surface area contributed by atoms with Crippen molar-refractivity contribution in [2.24, 2.45) is 5.92 Å². The second-order valence-corrected chi connectivity index (χ2v) is 3.76. The Labute approximate surface area is 95.0 Å². The lowest BCUT2D eigenvalue weighted by atomic mass is 10.0. The first-order valence-corrected chi connectivity index (χ1v) is 4.95. The molecule has 17 heavy (non-hydrogen) atoms. The number of hydrogen-bond acceptors (Lipinski definition) is 4. The molecule has 7 heteroatoms. The summed E-state index contributed by atoms with van der Waals surface area (Å²) in [6, 6.07) is 1.12. The molecular weight excluding hydrogens is 231 g/mol. The van der Waals surface area contributed by atoms with E-state index in [1.807, 2.05) is 4.98 Å². The minimum atomic E-state index is -1.16. The molecule has 1 fully saturated rings. The summed E-state index contributed by atoms with van der Waals surface area (Å²) in [5.74, 6) is -0.901. The smallest absolute Gasteiger partial charge is 0.331 e. The van der Waals surface area contributed by atoms with Crippen molar-refractivity contribution in [3.8, 4) is 0 Å². The van der Waals surface area contributed by atoms with Crippen LogP contribution in [0.4, 0.5) is 4.39 Å². The van der Waals surface area contributed by atoms with Crippen LogP contribution in [0.1, 0.15) is 6.23 Å². The monoisotopic (exact) mass is 242 g/mol. The van der Waals surface area contributed by atoms with Gasteiger partial charge >= 0.3 is 5.69 Å². The Morgan fingerprint density at radius 2 is 2.29 bits per heavy atom. The number of aromatic nitrogens is 2. The molecule has 1 aliphatic heterocycles. The third kappa shape index (κ3) is 1.89. The average molecular weight is 242 g/mol. The van der Waals surface area contributed by atoms with Gasteiger partial charge in [-0.3, -0.25) is 18.7 Å². The van der Waals surface area contributed by atoms with Crippen molar-refractivity contribution in [2.45, 2.75) is 12.3 Å². The van der Waals surface area contributed by atoms with Gasteiger partial charge in [0.25, 0.3) is 5.56 Å². The lowest BCUT2D eigenvalue weighted by molar-refractivity contribution is 0.0444. The molecule has 0 saturated carbocycles. The van der Waals surface area contributed by atoms with Gasteiger partial charge in [0, 0.05) is 12.3 Å². The number of halogens is 1. The van der Waals surface area contributed by atoms with Crippen molar-refractivity contribution < 1.29 is 14.2 Å².